The van der Waals surface area contributed by atoms with Gasteiger partial charge >= 0.3 is 5.69 Å². The maximum absolute atomic E-state index is 13.0. The summed E-state index contributed by atoms with van der Waals surface area (Å²) in [6, 6.07) is 7.35. The van der Waals surface area contributed by atoms with Gasteiger partial charge in [-0.1, -0.05) is 57.0 Å². The normalized spacial score (nSPS) is 11.1. The number of nitrogens with two attached hydrogens (primary N) is 1. The minimum absolute atomic E-state index is 0.0228. The number of nitrogens with zero attached hydrogens (tertiary/aromatic N) is 2. The fourth-order valence-electron chi connectivity index (χ4n) is 3.14. The van der Waals surface area contributed by atoms with Crippen LogP contribution in [0.2, 0.25) is 5.02 Å². The molecular formula is C21H29ClN4O3. The third kappa shape index (κ3) is 5.73. The number of carbonyl (C=O) groups excluding carboxylic acids is 1. The van der Waals surface area contributed by atoms with Crippen LogP contribution in [0, 0.1) is 5.92 Å². The molecule has 0 aliphatic carbocycles. The third-order valence-electron chi connectivity index (χ3n) is 4.63. The van der Waals surface area contributed by atoms with Crippen molar-refractivity contribution in [1.29, 1.82) is 0 Å². The molecule has 0 aliphatic rings. The van der Waals surface area contributed by atoms with Crippen LogP contribution >= 0.6 is 11.6 Å². The van der Waals surface area contributed by atoms with E-state index < -0.39 is 11.2 Å². The highest BCUT2D eigenvalue weighted by molar-refractivity contribution is 6.31. The van der Waals surface area contributed by atoms with Gasteiger partial charge in [0, 0.05) is 24.5 Å². The van der Waals surface area contributed by atoms with Gasteiger partial charge in [-0.2, -0.15) is 0 Å². The summed E-state index contributed by atoms with van der Waals surface area (Å²) in [6.07, 6.45) is 2.18. The highest BCUT2D eigenvalue weighted by atomic mass is 35.5. The number of halogens is 1. The molecule has 0 unspecified atom stereocenters. The Morgan fingerprint density at radius 3 is 2.59 bits per heavy atom. The summed E-state index contributed by atoms with van der Waals surface area (Å²) in [5.41, 5.74) is 5.90. The molecule has 0 atom stereocenters. The number of carbonyl (C=O) groups is 1. The number of anilines is 2. The summed E-state index contributed by atoms with van der Waals surface area (Å²) in [5, 5.41) is 0.600. The minimum Gasteiger partial charge on any atom is -0.383 e. The van der Waals surface area contributed by atoms with Gasteiger partial charge in [0.25, 0.3) is 5.56 Å². The summed E-state index contributed by atoms with van der Waals surface area (Å²) >= 11 is 6.19. The van der Waals surface area contributed by atoms with Gasteiger partial charge < -0.3 is 10.6 Å². The number of aromatic nitrogens is 2. The van der Waals surface area contributed by atoms with Crippen molar-refractivity contribution in [2.24, 2.45) is 5.92 Å². The Balaban J connectivity index is 2.38. The van der Waals surface area contributed by atoms with Crippen molar-refractivity contribution in [3.63, 3.8) is 0 Å². The lowest BCUT2D eigenvalue weighted by atomic mass is 10.1. The van der Waals surface area contributed by atoms with Crippen LogP contribution in [-0.2, 0) is 17.8 Å². The van der Waals surface area contributed by atoms with Crippen molar-refractivity contribution in [1.82, 2.24) is 9.55 Å². The number of nitrogens with one attached hydrogen (secondary N) is 1. The first kappa shape index (κ1) is 22.7. The lowest BCUT2D eigenvalue weighted by molar-refractivity contribution is -0.118. The SMILES string of the molecule is CCCCN(C(=O)CCc1ccccc1Cl)c1c(N)n(CC(C)C)c(=O)[nH]c1=O. The Kier molecular flexibility index (Phi) is 8.08. The van der Waals surface area contributed by atoms with Gasteiger partial charge in [-0.05, 0) is 30.4 Å². The van der Waals surface area contributed by atoms with E-state index in [0.717, 1.165) is 12.0 Å². The zero-order valence-electron chi connectivity index (χ0n) is 17.2. The highest BCUT2D eigenvalue weighted by Crippen LogP contribution is 2.21. The van der Waals surface area contributed by atoms with E-state index in [4.69, 9.17) is 17.3 Å². The molecule has 1 aromatic carbocycles. The van der Waals surface area contributed by atoms with Crippen LogP contribution in [0.5, 0.6) is 0 Å². The first-order chi connectivity index (χ1) is 13.8. The topological polar surface area (TPSA) is 101 Å². The Morgan fingerprint density at radius 2 is 1.97 bits per heavy atom. The van der Waals surface area contributed by atoms with Crippen LogP contribution in [0.4, 0.5) is 11.5 Å². The fourth-order valence-corrected chi connectivity index (χ4v) is 3.37. The number of rotatable bonds is 9. The van der Waals surface area contributed by atoms with Gasteiger partial charge in [0.15, 0.2) is 5.69 Å². The van der Waals surface area contributed by atoms with Gasteiger partial charge in [-0.25, -0.2) is 4.79 Å². The van der Waals surface area contributed by atoms with Gasteiger partial charge in [-0.3, -0.25) is 19.1 Å². The summed E-state index contributed by atoms with van der Waals surface area (Å²) in [7, 11) is 0. The molecule has 7 nitrogen and oxygen atoms in total. The number of aromatic amines is 1. The van der Waals surface area contributed by atoms with Crippen LogP contribution in [0.1, 0.15) is 45.6 Å². The van der Waals surface area contributed by atoms with Crippen molar-refractivity contribution >= 4 is 29.0 Å². The molecule has 158 valence electrons. The van der Waals surface area contributed by atoms with Gasteiger partial charge in [-0.15, -0.1) is 0 Å². The Bertz CT molecular complexity index is 965. The molecule has 8 heteroatoms. The molecule has 0 bridgehead atoms. The number of amides is 1. The molecule has 1 aromatic heterocycles. The molecule has 29 heavy (non-hydrogen) atoms. The molecule has 1 amide bonds. The monoisotopic (exact) mass is 420 g/mol. The van der Waals surface area contributed by atoms with Crippen LogP contribution in [0.3, 0.4) is 0 Å². The van der Waals surface area contributed by atoms with E-state index in [1.54, 1.807) is 6.07 Å². The maximum atomic E-state index is 13.0. The highest BCUT2D eigenvalue weighted by Gasteiger charge is 2.24. The lowest BCUT2D eigenvalue weighted by Gasteiger charge is -2.25. The molecule has 0 saturated carbocycles. The molecule has 0 fully saturated rings. The average molecular weight is 421 g/mol. The summed E-state index contributed by atoms with van der Waals surface area (Å²) in [6.45, 7) is 6.59. The molecule has 0 saturated heterocycles. The van der Waals surface area contributed by atoms with Crippen molar-refractivity contribution in [2.45, 2.75) is 53.0 Å². The van der Waals surface area contributed by atoms with E-state index in [2.05, 4.69) is 4.98 Å². The molecule has 3 N–H and O–H groups in total. The van der Waals surface area contributed by atoms with Gasteiger partial charge in [0.1, 0.15) is 5.82 Å². The van der Waals surface area contributed by atoms with E-state index in [9.17, 15) is 14.4 Å². The van der Waals surface area contributed by atoms with Crippen molar-refractivity contribution in [3.8, 4) is 0 Å². The van der Waals surface area contributed by atoms with Crippen molar-refractivity contribution < 1.29 is 4.79 Å². The van der Waals surface area contributed by atoms with Crippen molar-refractivity contribution in [2.75, 3.05) is 17.2 Å². The van der Waals surface area contributed by atoms with E-state index in [0.29, 0.717) is 31.0 Å². The molecule has 2 rings (SSSR count). The molecule has 0 spiro atoms. The number of unbranched alkanes of at least 4 members (excludes halogenated alkanes) is 1. The van der Waals surface area contributed by atoms with E-state index >= 15 is 0 Å². The third-order valence-corrected chi connectivity index (χ3v) is 5.00. The predicted molar refractivity (Wildman–Crippen MR) is 118 cm³/mol. The number of nitrogen functional groups attached to an aromatic ring is 1. The van der Waals surface area contributed by atoms with Crippen LogP contribution in [0.25, 0.3) is 0 Å². The number of hydrogen-bond acceptors (Lipinski definition) is 4. The second-order valence-corrected chi connectivity index (χ2v) is 7.90. The van der Waals surface area contributed by atoms with E-state index in [-0.39, 0.29) is 29.8 Å². The fraction of sp³-hybridized carbons (Fsp3) is 0.476. The number of H-pyrrole nitrogens is 1. The molecular weight excluding hydrogens is 392 g/mol. The second-order valence-electron chi connectivity index (χ2n) is 7.49. The van der Waals surface area contributed by atoms with Crippen molar-refractivity contribution in [3.05, 3.63) is 55.7 Å². The maximum Gasteiger partial charge on any atom is 0.330 e. The predicted octanol–water partition coefficient (Wildman–Crippen LogP) is 3.19. The number of hydrogen-bond donors (Lipinski definition) is 2. The molecule has 2 aromatic rings. The molecule has 0 aliphatic heterocycles. The van der Waals surface area contributed by atoms with Crippen LogP contribution in [-0.4, -0.2) is 22.0 Å². The second kappa shape index (κ2) is 10.3. The summed E-state index contributed by atoms with van der Waals surface area (Å²) < 4.78 is 1.32. The Hall–Kier alpha value is -2.54. The minimum atomic E-state index is -0.644. The lowest BCUT2D eigenvalue weighted by Crippen LogP contribution is -2.42. The zero-order chi connectivity index (χ0) is 21.6. The quantitative estimate of drug-likeness (QED) is 0.650. The van der Waals surface area contributed by atoms with Gasteiger partial charge in [0.2, 0.25) is 5.91 Å². The van der Waals surface area contributed by atoms with Gasteiger partial charge in [0.05, 0.1) is 0 Å². The molecule has 1 heterocycles. The Morgan fingerprint density at radius 1 is 1.28 bits per heavy atom. The summed E-state index contributed by atoms with van der Waals surface area (Å²) in [4.78, 5) is 41.5. The number of aryl methyl sites for hydroxylation is 1. The first-order valence-corrected chi connectivity index (χ1v) is 10.3. The average Bonchev–Trinajstić information content (AvgIpc) is 2.66. The largest absolute Gasteiger partial charge is 0.383 e. The zero-order valence-corrected chi connectivity index (χ0v) is 18.0. The standard InChI is InChI=1S/C21H29ClN4O3/c1-4-5-12-25(17(27)11-10-15-8-6-7-9-16(15)22)18-19(23)26(13-14(2)3)21(29)24-20(18)28/h6-9,14H,4-5,10-13,23H2,1-3H3,(H,24,28,29). The number of benzene rings is 1. The summed E-state index contributed by atoms with van der Waals surface area (Å²) in [5.74, 6) is -0.0614. The smallest absolute Gasteiger partial charge is 0.330 e. The first-order valence-electron chi connectivity index (χ1n) is 9.92. The van der Waals surface area contributed by atoms with E-state index in [1.807, 2.05) is 39.0 Å². The Labute approximate surface area is 175 Å². The molecule has 0 radical (unpaired) electrons. The van der Waals surface area contributed by atoms with Crippen LogP contribution in [0.15, 0.2) is 33.9 Å². The van der Waals surface area contributed by atoms with Crippen LogP contribution < -0.4 is 21.9 Å². The van der Waals surface area contributed by atoms with E-state index in [1.165, 1.54) is 9.47 Å².